The van der Waals surface area contributed by atoms with Crippen LogP contribution in [0.5, 0.6) is 0 Å². The van der Waals surface area contributed by atoms with Gasteiger partial charge in [0.25, 0.3) is 11.8 Å². The summed E-state index contributed by atoms with van der Waals surface area (Å²) < 4.78 is 10.9. The van der Waals surface area contributed by atoms with Crippen LogP contribution in [-0.2, 0) is 10.2 Å². The lowest BCUT2D eigenvalue weighted by molar-refractivity contribution is 0.0567. The number of methoxy groups -OCH3 is 1. The Morgan fingerprint density at radius 2 is 2.21 bits per heavy atom. The molecule has 1 amide bonds. The molecule has 1 saturated heterocycles. The van der Waals surface area contributed by atoms with Crippen LogP contribution in [0, 0.1) is 0 Å². The van der Waals surface area contributed by atoms with Crippen LogP contribution in [0.2, 0.25) is 0 Å². The van der Waals surface area contributed by atoms with Crippen LogP contribution < -0.4 is 0 Å². The smallest absolute Gasteiger partial charge is 0.258 e. The van der Waals surface area contributed by atoms with E-state index in [1.54, 1.807) is 19.5 Å². The monoisotopic (exact) mass is 398 g/mol. The molecule has 3 aromatic rings. The van der Waals surface area contributed by atoms with E-state index in [1.807, 2.05) is 33.9 Å². The number of carbonyl (C=O) groups excluding carboxylic acids is 1. The molecule has 4 rings (SSSR count). The zero-order valence-electron chi connectivity index (χ0n) is 15.7. The summed E-state index contributed by atoms with van der Waals surface area (Å²) in [6.45, 7) is 1.86. The van der Waals surface area contributed by atoms with Crippen molar-refractivity contribution in [2.45, 2.75) is 24.7 Å². The topological polar surface area (TPSA) is 81.3 Å². The molecule has 0 bridgehead atoms. The van der Waals surface area contributed by atoms with E-state index >= 15 is 0 Å². The lowest BCUT2D eigenvalue weighted by Crippen LogP contribution is -2.49. The van der Waals surface area contributed by atoms with Gasteiger partial charge in [-0.15, -0.1) is 0 Å². The summed E-state index contributed by atoms with van der Waals surface area (Å²) in [5.41, 5.74) is 1.19. The summed E-state index contributed by atoms with van der Waals surface area (Å²) in [7, 11) is 1.68. The Labute approximate surface area is 167 Å². The normalized spacial score (nSPS) is 19.7. The minimum absolute atomic E-state index is 0.0561. The molecule has 28 heavy (non-hydrogen) atoms. The third-order valence-electron chi connectivity index (χ3n) is 5.24. The van der Waals surface area contributed by atoms with Gasteiger partial charge in [0.15, 0.2) is 5.82 Å². The van der Waals surface area contributed by atoms with Crippen LogP contribution in [0.15, 0.2) is 45.9 Å². The van der Waals surface area contributed by atoms with Gasteiger partial charge in [0, 0.05) is 50.1 Å². The van der Waals surface area contributed by atoms with E-state index in [0.29, 0.717) is 24.9 Å². The van der Waals surface area contributed by atoms with Crippen molar-refractivity contribution in [1.29, 1.82) is 0 Å². The third kappa shape index (κ3) is 3.70. The highest BCUT2D eigenvalue weighted by molar-refractivity contribution is 7.08. The second-order valence-electron chi connectivity index (χ2n) is 7.02. The zero-order chi connectivity index (χ0) is 19.4. The standard InChI is InChI=1S/C20H22N4O3S/c1-26-11-7-20(19-22-17(27-23-19)15-3-8-21-9-4-15)6-2-10-24(14-20)18(25)16-5-12-28-13-16/h3-5,8-9,12-13H,2,6-7,10-11,14H2,1H3. The number of piperidine rings is 1. The molecular weight excluding hydrogens is 376 g/mol. The molecule has 1 atom stereocenters. The molecule has 1 fully saturated rings. The van der Waals surface area contributed by atoms with Crippen LogP contribution in [0.25, 0.3) is 11.5 Å². The van der Waals surface area contributed by atoms with Gasteiger partial charge in [-0.25, -0.2) is 0 Å². The molecule has 146 valence electrons. The number of rotatable bonds is 6. The Hall–Kier alpha value is -2.58. The fourth-order valence-electron chi connectivity index (χ4n) is 3.72. The van der Waals surface area contributed by atoms with Crippen LogP contribution in [-0.4, -0.2) is 52.7 Å². The van der Waals surface area contributed by atoms with E-state index in [-0.39, 0.29) is 11.3 Å². The Morgan fingerprint density at radius 3 is 2.96 bits per heavy atom. The molecule has 0 spiro atoms. The first-order valence-corrected chi connectivity index (χ1v) is 10.2. The molecule has 0 aliphatic carbocycles. The zero-order valence-corrected chi connectivity index (χ0v) is 16.5. The summed E-state index contributed by atoms with van der Waals surface area (Å²) >= 11 is 1.53. The van der Waals surface area contributed by atoms with Gasteiger partial charge in [-0.05, 0) is 42.8 Å². The van der Waals surface area contributed by atoms with E-state index in [0.717, 1.165) is 36.9 Å². The first-order chi connectivity index (χ1) is 13.7. The van der Waals surface area contributed by atoms with Crippen molar-refractivity contribution in [3.8, 4) is 11.5 Å². The average molecular weight is 398 g/mol. The third-order valence-corrected chi connectivity index (χ3v) is 5.93. The van der Waals surface area contributed by atoms with Crippen LogP contribution in [0.1, 0.15) is 35.4 Å². The van der Waals surface area contributed by atoms with E-state index in [2.05, 4.69) is 15.1 Å². The molecule has 8 heteroatoms. The highest BCUT2D eigenvalue weighted by Gasteiger charge is 2.42. The van der Waals surface area contributed by atoms with Crippen molar-refractivity contribution < 1.29 is 14.1 Å². The molecule has 1 aliphatic rings. The fourth-order valence-corrected chi connectivity index (χ4v) is 4.35. The molecule has 0 aromatic carbocycles. The second-order valence-corrected chi connectivity index (χ2v) is 7.80. The van der Waals surface area contributed by atoms with Crippen molar-refractivity contribution >= 4 is 17.2 Å². The van der Waals surface area contributed by atoms with Crippen molar-refractivity contribution in [3.05, 3.63) is 52.7 Å². The number of likely N-dealkylation sites (tertiary alicyclic amines) is 1. The van der Waals surface area contributed by atoms with E-state index in [4.69, 9.17) is 9.26 Å². The Kier molecular flexibility index (Phi) is 5.50. The van der Waals surface area contributed by atoms with E-state index in [9.17, 15) is 4.79 Å². The number of thiophene rings is 1. The molecular formula is C20H22N4O3S. The van der Waals surface area contributed by atoms with Gasteiger partial charge in [-0.2, -0.15) is 16.3 Å². The minimum atomic E-state index is -0.380. The van der Waals surface area contributed by atoms with E-state index < -0.39 is 0 Å². The summed E-state index contributed by atoms with van der Waals surface area (Å²) in [5, 5.41) is 8.12. The Bertz CT molecular complexity index is 913. The highest BCUT2D eigenvalue weighted by Crippen LogP contribution is 2.37. The molecule has 1 aliphatic heterocycles. The summed E-state index contributed by atoms with van der Waals surface area (Å²) in [6.07, 6.45) is 5.90. The predicted octanol–water partition coefficient (Wildman–Crippen LogP) is 3.40. The first-order valence-electron chi connectivity index (χ1n) is 9.27. The van der Waals surface area contributed by atoms with Crippen LogP contribution in [0.4, 0.5) is 0 Å². The molecule has 1 unspecified atom stereocenters. The van der Waals surface area contributed by atoms with Gasteiger partial charge in [-0.3, -0.25) is 9.78 Å². The van der Waals surface area contributed by atoms with Gasteiger partial charge in [0.1, 0.15) is 0 Å². The lowest BCUT2D eigenvalue weighted by Gasteiger charge is -2.40. The van der Waals surface area contributed by atoms with Crippen LogP contribution >= 0.6 is 11.3 Å². The van der Waals surface area contributed by atoms with Gasteiger partial charge in [0.05, 0.1) is 11.0 Å². The largest absolute Gasteiger partial charge is 0.385 e. The SMILES string of the molecule is COCCC1(c2noc(-c3ccncc3)n2)CCCN(C(=O)c2ccsc2)C1. The fraction of sp³-hybridized carbons (Fsp3) is 0.400. The number of nitrogens with zero attached hydrogens (tertiary/aromatic N) is 4. The number of ether oxygens (including phenoxy) is 1. The summed E-state index contributed by atoms with van der Waals surface area (Å²) in [5.74, 6) is 1.16. The van der Waals surface area contributed by atoms with Gasteiger partial charge >= 0.3 is 0 Å². The predicted molar refractivity (Wildman–Crippen MR) is 105 cm³/mol. The molecule has 0 saturated carbocycles. The second kappa shape index (κ2) is 8.20. The number of hydrogen-bond donors (Lipinski definition) is 0. The number of pyridine rings is 1. The van der Waals surface area contributed by atoms with Gasteiger partial charge in [-0.1, -0.05) is 5.16 Å². The van der Waals surface area contributed by atoms with E-state index in [1.165, 1.54) is 11.3 Å². The van der Waals surface area contributed by atoms with Gasteiger partial charge < -0.3 is 14.2 Å². The number of carbonyl (C=O) groups is 1. The van der Waals surface area contributed by atoms with Gasteiger partial charge in [0.2, 0.25) is 0 Å². The quantitative estimate of drug-likeness (QED) is 0.633. The molecule has 0 radical (unpaired) electrons. The first kappa shape index (κ1) is 18.8. The molecule has 7 nitrogen and oxygen atoms in total. The Morgan fingerprint density at radius 1 is 1.36 bits per heavy atom. The van der Waals surface area contributed by atoms with Crippen molar-refractivity contribution in [3.63, 3.8) is 0 Å². The maximum absolute atomic E-state index is 12.9. The van der Waals surface area contributed by atoms with Crippen LogP contribution in [0.3, 0.4) is 0 Å². The summed E-state index contributed by atoms with van der Waals surface area (Å²) in [6, 6.07) is 5.55. The number of amides is 1. The molecule has 0 N–H and O–H groups in total. The lowest BCUT2D eigenvalue weighted by atomic mass is 9.76. The van der Waals surface area contributed by atoms with Crippen molar-refractivity contribution in [1.82, 2.24) is 20.0 Å². The van der Waals surface area contributed by atoms with Crippen molar-refractivity contribution in [2.75, 3.05) is 26.8 Å². The van der Waals surface area contributed by atoms with Crippen molar-refractivity contribution in [2.24, 2.45) is 0 Å². The maximum atomic E-state index is 12.9. The maximum Gasteiger partial charge on any atom is 0.258 e. The summed E-state index contributed by atoms with van der Waals surface area (Å²) in [4.78, 5) is 23.5. The Balaban J connectivity index is 1.63. The number of aromatic nitrogens is 3. The minimum Gasteiger partial charge on any atom is -0.385 e. The molecule has 4 heterocycles. The highest BCUT2D eigenvalue weighted by atomic mass is 32.1. The molecule has 3 aromatic heterocycles. The average Bonchev–Trinajstić information content (AvgIpc) is 3.45. The number of hydrogen-bond acceptors (Lipinski definition) is 7.